The molecule has 0 spiro atoms. The molecule has 0 atom stereocenters. The Bertz CT molecular complexity index is 1120. The number of aromatic amines is 2. The number of anilines is 1. The number of aryl methyl sites for hydroxylation is 1. The third kappa shape index (κ3) is 2.98. The molecule has 0 saturated heterocycles. The molecule has 4 aromatic rings. The Balaban J connectivity index is 1.57. The smallest absolute Gasteiger partial charge is 0.321 e. The molecule has 0 aliphatic heterocycles. The van der Waals surface area contributed by atoms with Gasteiger partial charge in [-0.25, -0.2) is 4.79 Å². The van der Waals surface area contributed by atoms with Crippen LogP contribution in [0.5, 0.6) is 0 Å². The van der Waals surface area contributed by atoms with E-state index in [2.05, 4.69) is 20.5 Å². The molecule has 1 aromatic carbocycles. The van der Waals surface area contributed by atoms with Gasteiger partial charge < -0.3 is 10.3 Å². The van der Waals surface area contributed by atoms with Crippen LogP contribution in [0, 0.1) is 6.92 Å². The largest absolute Gasteiger partial charge is 0.330 e. The van der Waals surface area contributed by atoms with Gasteiger partial charge in [-0.05, 0) is 42.6 Å². The van der Waals surface area contributed by atoms with Gasteiger partial charge in [0.25, 0.3) is 5.91 Å². The van der Waals surface area contributed by atoms with Crippen molar-refractivity contribution in [2.45, 2.75) is 6.92 Å². The van der Waals surface area contributed by atoms with Crippen LogP contribution in [0.3, 0.4) is 0 Å². The fourth-order valence-corrected chi connectivity index (χ4v) is 3.38. The van der Waals surface area contributed by atoms with Gasteiger partial charge in [-0.15, -0.1) is 11.3 Å². The number of hydrogen-bond donors (Lipinski definition) is 3. The van der Waals surface area contributed by atoms with Crippen molar-refractivity contribution in [3.05, 3.63) is 75.9 Å². The van der Waals surface area contributed by atoms with E-state index in [1.165, 1.54) is 0 Å². The van der Waals surface area contributed by atoms with Crippen LogP contribution in [0.4, 0.5) is 5.69 Å². The monoisotopic (exact) mass is 365 g/mol. The Morgan fingerprint density at radius 2 is 2.12 bits per heavy atom. The van der Waals surface area contributed by atoms with Gasteiger partial charge in [0.05, 0.1) is 16.3 Å². The number of rotatable bonds is 4. The molecule has 0 aliphatic carbocycles. The van der Waals surface area contributed by atoms with E-state index in [1.54, 1.807) is 52.4 Å². The lowest BCUT2D eigenvalue weighted by Gasteiger charge is -2.08. The molecule has 0 bridgehead atoms. The van der Waals surface area contributed by atoms with E-state index in [-0.39, 0.29) is 11.6 Å². The lowest BCUT2D eigenvalue weighted by molar-refractivity contribution is 0.102. The summed E-state index contributed by atoms with van der Waals surface area (Å²) in [6.07, 6.45) is 1.64. The maximum Gasteiger partial charge on any atom is 0.330 e. The molecule has 3 heterocycles. The summed E-state index contributed by atoms with van der Waals surface area (Å²) in [4.78, 5) is 28.0. The van der Waals surface area contributed by atoms with Gasteiger partial charge >= 0.3 is 5.69 Å². The highest BCUT2D eigenvalue weighted by Gasteiger charge is 2.13. The summed E-state index contributed by atoms with van der Waals surface area (Å²) in [5, 5.41) is 11.7. The van der Waals surface area contributed by atoms with Crippen LogP contribution in [-0.2, 0) is 0 Å². The average Bonchev–Trinajstić information content (AvgIpc) is 3.36. The molecule has 0 saturated carbocycles. The van der Waals surface area contributed by atoms with Crippen molar-refractivity contribution < 1.29 is 4.79 Å². The third-order valence-corrected chi connectivity index (χ3v) is 4.82. The number of nitrogens with zero attached hydrogens (tertiary/aromatic N) is 2. The van der Waals surface area contributed by atoms with E-state index in [0.717, 1.165) is 16.3 Å². The maximum atomic E-state index is 12.5. The number of carbonyl (C=O) groups is 1. The number of benzene rings is 1. The number of hydrogen-bond acceptors (Lipinski definition) is 4. The van der Waals surface area contributed by atoms with Gasteiger partial charge in [-0.2, -0.15) is 5.10 Å². The van der Waals surface area contributed by atoms with Crippen LogP contribution in [0.25, 0.3) is 16.3 Å². The fourth-order valence-electron chi connectivity index (χ4n) is 2.69. The summed E-state index contributed by atoms with van der Waals surface area (Å²) in [6, 6.07) is 12.7. The summed E-state index contributed by atoms with van der Waals surface area (Å²) in [6.45, 7) is 1.83. The van der Waals surface area contributed by atoms with Gasteiger partial charge in [0, 0.05) is 17.6 Å². The van der Waals surface area contributed by atoms with E-state index in [4.69, 9.17) is 0 Å². The normalized spacial score (nSPS) is 10.8. The molecule has 130 valence electrons. The molecule has 4 rings (SSSR count). The van der Waals surface area contributed by atoms with Crippen molar-refractivity contribution in [3.8, 4) is 16.3 Å². The van der Waals surface area contributed by atoms with Crippen molar-refractivity contribution in [2.75, 3.05) is 5.32 Å². The predicted molar refractivity (Wildman–Crippen MR) is 101 cm³/mol. The molecule has 0 radical (unpaired) electrons. The molecular formula is C18H15N5O2S. The second-order valence-corrected chi connectivity index (χ2v) is 6.67. The lowest BCUT2D eigenvalue weighted by atomic mass is 10.2. The van der Waals surface area contributed by atoms with E-state index in [1.807, 2.05) is 24.4 Å². The van der Waals surface area contributed by atoms with Gasteiger partial charge in [0.1, 0.15) is 0 Å². The maximum absolute atomic E-state index is 12.5. The molecule has 7 nitrogen and oxygen atoms in total. The van der Waals surface area contributed by atoms with Gasteiger partial charge in [-0.1, -0.05) is 12.1 Å². The van der Waals surface area contributed by atoms with E-state index in [0.29, 0.717) is 17.1 Å². The Morgan fingerprint density at radius 1 is 1.23 bits per heavy atom. The molecular weight excluding hydrogens is 350 g/mol. The average molecular weight is 365 g/mol. The van der Waals surface area contributed by atoms with Gasteiger partial charge in [-0.3, -0.25) is 14.5 Å². The molecule has 8 heteroatoms. The standard InChI is InChI=1S/C18H15N5O2S/c1-11-10-19-18(25)23(11)13-5-2-4-12(8-13)20-17(24)15-9-14(21-22-15)16-6-3-7-26-16/h2-10H,1H3,(H,19,25)(H,20,24)(H,21,22). The molecule has 0 unspecified atom stereocenters. The lowest BCUT2D eigenvalue weighted by Crippen LogP contribution is -2.17. The molecule has 0 fully saturated rings. The van der Waals surface area contributed by atoms with Crippen molar-refractivity contribution >= 4 is 22.9 Å². The number of H-pyrrole nitrogens is 2. The first kappa shape index (κ1) is 16.1. The SMILES string of the molecule is Cc1c[nH]c(=O)n1-c1cccc(NC(=O)c2cc(-c3cccs3)[nH]n2)c1. The Labute approximate surface area is 152 Å². The van der Waals surface area contributed by atoms with Crippen LogP contribution in [0.2, 0.25) is 0 Å². The van der Waals surface area contributed by atoms with Crippen molar-refractivity contribution in [1.82, 2.24) is 19.7 Å². The molecule has 3 aromatic heterocycles. The first-order chi connectivity index (χ1) is 12.6. The summed E-state index contributed by atoms with van der Waals surface area (Å²) in [5.74, 6) is -0.320. The minimum absolute atomic E-state index is 0.223. The Hall–Kier alpha value is -3.39. The zero-order chi connectivity index (χ0) is 18.1. The Kier molecular flexibility index (Phi) is 4.02. The van der Waals surface area contributed by atoms with Crippen molar-refractivity contribution in [1.29, 1.82) is 0 Å². The number of carbonyl (C=O) groups excluding carboxylic acids is 1. The second-order valence-electron chi connectivity index (χ2n) is 5.72. The van der Waals surface area contributed by atoms with Crippen LogP contribution in [-0.4, -0.2) is 25.7 Å². The molecule has 1 amide bonds. The number of aromatic nitrogens is 4. The van der Waals surface area contributed by atoms with Gasteiger partial charge in [0.15, 0.2) is 5.69 Å². The predicted octanol–water partition coefficient (Wildman–Crippen LogP) is 3.18. The highest BCUT2D eigenvalue weighted by Crippen LogP contribution is 2.23. The number of thiophene rings is 1. The molecule has 0 aliphatic rings. The van der Waals surface area contributed by atoms with Gasteiger partial charge in [0.2, 0.25) is 0 Å². The van der Waals surface area contributed by atoms with E-state index in [9.17, 15) is 9.59 Å². The minimum atomic E-state index is -0.320. The fraction of sp³-hybridized carbons (Fsp3) is 0.0556. The highest BCUT2D eigenvalue weighted by molar-refractivity contribution is 7.13. The molecule has 3 N–H and O–H groups in total. The van der Waals surface area contributed by atoms with Crippen LogP contribution in [0.15, 0.2) is 58.8 Å². The zero-order valence-electron chi connectivity index (χ0n) is 13.8. The third-order valence-electron chi connectivity index (χ3n) is 3.92. The summed E-state index contributed by atoms with van der Waals surface area (Å²) < 4.78 is 1.54. The number of nitrogens with one attached hydrogen (secondary N) is 3. The molecule has 26 heavy (non-hydrogen) atoms. The summed E-state index contributed by atoms with van der Waals surface area (Å²) >= 11 is 1.57. The first-order valence-electron chi connectivity index (χ1n) is 7.90. The van der Waals surface area contributed by atoms with E-state index >= 15 is 0 Å². The number of amides is 1. The zero-order valence-corrected chi connectivity index (χ0v) is 14.6. The second kappa shape index (κ2) is 6.49. The Morgan fingerprint density at radius 3 is 2.85 bits per heavy atom. The van der Waals surface area contributed by atoms with Crippen molar-refractivity contribution in [3.63, 3.8) is 0 Å². The minimum Gasteiger partial charge on any atom is -0.321 e. The number of imidazole rings is 1. The van der Waals surface area contributed by atoms with Crippen molar-refractivity contribution in [2.24, 2.45) is 0 Å². The highest BCUT2D eigenvalue weighted by atomic mass is 32.1. The quantitative estimate of drug-likeness (QED) is 0.518. The van der Waals surface area contributed by atoms with E-state index < -0.39 is 0 Å². The van der Waals surface area contributed by atoms with Crippen LogP contribution >= 0.6 is 11.3 Å². The van der Waals surface area contributed by atoms with Crippen LogP contribution < -0.4 is 11.0 Å². The topological polar surface area (TPSA) is 95.6 Å². The van der Waals surface area contributed by atoms with Crippen LogP contribution in [0.1, 0.15) is 16.2 Å². The summed E-state index contributed by atoms with van der Waals surface area (Å²) in [7, 11) is 0. The summed E-state index contributed by atoms with van der Waals surface area (Å²) in [5.41, 5.74) is 2.92. The first-order valence-corrected chi connectivity index (χ1v) is 8.78.